The Kier molecular flexibility index (Phi) is 11.1. The number of hydrogen-bond donors (Lipinski definition) is 1. The van der Waals surface area contributed by atoms with Crippen molar-refractivity contribution >= 4 is 18.1 Å². The molecule has 6 heteroatoms. The highest BCUT2D eigenvalue weighted by atomic mass is 16.6. The Hall–Kier alpha value is -1.43. The monoisotopic (exact) mass is 258 g/mol. The van der Waals surface area contributed by atoms with Gasteiger partial charge in [-0.3, -0.25) is 9.59 Å². The topological polar surface area (TPSA) is 77.0 Å². The normalized spacial score (nSPS) is 11.1. The average Bonchev–Trinajstić information content (AvgIpc) is 2.38. The zero-order valence-electron chi connectivity index (χ0n) is 11.1. The molecular weight excluding hydrogens is 236 g/mol. The van der Waals surface area contributed by atoms with Gasteiger partial charge in [-0.15, -0.1) is 0 Å². The molecule has 0 saturated carbocycles. The van der Waals surface area contributed by atoms with E-state index in [1.807, 2.05) is 0 Å². The lowest BCUT2D eigenvalue weighted by Crippen LogP contribution is -2.13. The third-order valence-corrected chi connectivity index (χ3v) is 2.13. The first-order valence-corrected chi connectivity index (χ1v) is 6.16. The number of carbonyl (C=O) groups is 2. The molecule has 0 aromatic heterocycles. The van der Waals surface area contributed by atoms with Gasteiger partial charge >= 0.3 is 5.97 Å². The Morgan fingerprint density at radius 3 is 2.72 bits per heavy atom. The van der Waals surface area contributed by atoms with E-state index in [0.29, 0.717) is 31.8 Å². The lowest BCUT2D eigenvalue weighted by Gasteiger charge is -2.05. The van der Waals surface area contributed by atoms with Gasteiger partial charge in [-0.05, 0) is 19.8 Å². The zero-order chi connectivity index (χ0) is 13.6. The quantitative estimate of drug-likeness (QED) is 0.199. The maximum Gasteiger partial charge on any atom is 0.306 e. The van der Waals surface area contributed by atoms with E-state index in [2.05, 4.69) is 17.5 Å². The van der Waals surface area contributed by atoms with Crippen molar-refractivity contribution in [3.05, 3.63) is 0 Å². The predicted molar refractivity (Wildman–Crippen MR) is 68.2 cm³/mol. The molecule has 0 radical (unpaired) electrons. The number of esters is 1. The van der Waals surface area contributed by atoms with Gasteiger partial charge in [-0.25, -0.2) is 5.43 Å². The molecule has 104 valence electrons. The van der Waals surface area contributed by atoms with E-state index in [9.17, 15) is 9.59 Å². The van der Waals surface area contributed by atoms with Crippen molar-refractivity contribution in [3.8, 4) is 0 Å². The van der Waals surface area contributed by atoms with Crippen LogP contribution in [0.2, 0.25) is 0 Å². The van der Waals surface area contributed by atoms with E-state index < -0.39 is 0 Å². The largest absolute Gasteiger partial charge is 0.463 e. The second kappa shape index (κ2) is 12.0. The molecule has 0 fully saturated rings. The van der Waals surface area contributed by atoms with Crippen molar-refractivity contribution in [2.24, 2.45) is 5.10 Å². The standard InChI is InChI=1S/C12H22N2O4/c1-3-4-7-17-8-9-18-12(16)6-5-11(2)14-13-10-15/h10H,3-9H2,1-2H3,(H,13,15)/b14-11+. The minimum absolute atomic E-state index is 0.255. The van der Waals surface area contributed by atoms with E-state index in [0.717, 1.165) is 12.8 Å². The van der Waals surface area contributed by atoms with Crippen LogP contribution in [0.4, 0.5) is 0 Å². The molecule has 0 unspecified atom stereocenters. The number of ether oxygens (including phenoxy) is 2. The summed E-state index contributed by atoms with van der Waals surface area (Å²) in [7, 11) is 0. The van der Waals surface area contributed by atoms with Crippen LogP contribution in [0, 0.1) is 0 Å². The molecule has 1 amide bonds. The predicted octanol–water partition coefficient (Wildman–Crippen LogP) is 1.25. The fraction of sp³-hybridized carbons (Fsp3) is 0.750. The van der Waals surface area contributed by atoms with Crippen molar-refractivity contribution in [2.75, 3.05) is 19.8 Å². The Labute approximate surface area is 108 Å². The molecule has 0 spiro atoms. The minimum Gasteiger partial charge on any atom is -0.463 e. The fourth-order valence-corrected chi connectivity index (χ4v) is 1.11. The van der Waals surface area contributed by atoms with Crippen molar-refractivity contribution in [1.82, 2.24) is 5.43 Å². The van der Waals surface area contributed by atoms with Crippen molar-refractivity contribution in [3.63, 3.8) is 0 Å². The Balaban J connectivity index is 3.45. The van der Waals surface area contributed by atoms with Crippen LogP contribution in [0.25, 0.3) is 0 Å². The summed E-state index contributed by atoms with van der Waals surface area (Å²) in [5.41, 5.74) is 2.86. The van der Waals surface area contributed by atoms with E-state index in [4.69, 9.17) is 9.47 Å². The van der Waals surface area contributed by atoms with Gasteiger partial charge in [0, 0.05) is 12.3 Å². The van der Waals surface area contributed by atoms with Gasteiger partial charge in [0.05, 0.1) is 13.0 Å². The van der Waals surface area contributed by atoms with Crippen LogP contribution in [-0.4, -0.2) is 37.9 Å². The van der Waals surface area contributed by atoms with Gasteiger partial charge in [-0.1, -0.05) is 13.3 Å². The molecular formula is C12H22N2O4. The van der Waals surface area contributed by atoms with Crippen LogP contribution >= 0.6 is 0 Å². The van der Waals surface area contributed by atoms with E-state index in [-0.39, 0.29) is 19.0 Å². The minimum atomic E-state index is -0.283. The lowest BCUT2D eigenvalue weighted by atomic mass is 10.2. The van der Waals surface area contributed by atoms with E-state index in [1.165, 1.54) is 0 Å². The van der Waals surface area contributed by atoms with Crippen molar-refractivity contribution in [2.45, 2.75) is 39.5 Å². The number of unbranched alkanes of at least 4 members (excludes halogenated alkanes) is 1. The van der Waals surface area contributed by atoms with Crippen LogP contribution in [-0.2, 0) is 19.1 Å². The van der Waals surface area contributed by atoms with Gasteiger partial charge < -0.3 is 9.47 Å². The molecule has 0 rings (SSSR count). The molecule has 0 saturated heterocycles. The smallest absolute Gasteiger partial charge is 0.306 e. The summed E-state index contributed by atoms with van der Waals surface area (Å²) in [4.78, 5) is 21.3. The maximum absolute atomic E-state index is 11.3. The maximum atomic E-state index is 11.3. The number of rotatable bonds is 11. The molecule has 0 atom stereocenters. The van der Waals surface area contributed by atoms with Gasteiger partial charge in [0.1, 0.15) is 6.61 Å². The molecule has 0 aliphatic rings. The average molecular weight is 258 g/mol. The number of hydrazone groups is 1. The van der Waals surface area contributed by atoms with Crippen LogP contribution in [0.3, 0.4) is 0 Å². The lowest BCUT2D eigenvalue weighted by molar-refractivity contribution is -0.145. The van der Waals surface area contributed by atoms with Crippen LogP contribution in [0.5, 0.6) is 0 Å². The van der Waals surface area contributed by atoms with Gasteiger partial charge in [0.15, 0.2) is 0 Å². The highest BCUT2D eigenvalue weighted by Crippen LogP contribution is 1.96. The Morgan fingerprint density at radius 2 is 2.06 bits per heavy atom. The highest BCUT2D eigenvalue weighted by molar-refractivity contribution is 5.85. The molecule has 18 heavy (non-hydrogen) atoms. The first kappa shape index (κ1) is 16.6. The summed E-state index contributed by atoms with van der Waals surface area (Å²) in [6, 6.07) is 0. The summed E-state index contributed by atoms with van der Waals surface area (Å²) >= 11 is 0. The third kappa shape index (κ3) is 11.1. The van der Waals surface area contributed by atoms with E-state index >= 15 is 0 Å². The number of nitrogens with one attached hydrogen (secondary N) is 1. The van der Waals surface area contributed by atoms with Gasteiger partial charge in [0.2, 0.25) is 6.41 Å². The van der Waals surface area contributed by atoms with Gasteiger partial charge in [0.25, 0.3) is 0 Å². The number of carbonyl (C=O) groups excluding carboxylic acids is 2. The number of amides is 1. The second-order valence-electron chi connectivity index (χ2n) is 3.78. The first-order chi connectivity index (χ1) is 8.70. The highest BCUT2D eigenvalue weighted by Gasteiger charge is 2.03. The van der Waals surface area contributed by atoms with Crippen molar-refractivity contribution in [1.29, 1.82) is 0 Å². The molecule has 0 bridgehead atoms. The summed E-state index contributed by atoms with van der Waals surface area (Å²) in [6.45, 7) is 5.25. The second-order valence-corrected chi connectivity index (χ2v) is 3.78. The molecule has 0 aromatic rings. The molecule has 0 aliphatic heterocycles. The third-order valence-electron chi connectivity index (χ3n) is 2.13. The Bertz CT molecular complexity index is 267. The van der Waals surface area contributed by atoms with Crippen LogP contribution in [0.1, 0.15) is 39.5 Å². The molecule has 1 N–H and O–H groups in total. The summed E-state index contributed by atoms with van der Waals surface area (Å²) in [6.07, 6.45) is 3.32. The zero-order valence-corrected chi connectivity index (χ0v) is 11.1. The van der Waals surface area contributed by atoms with Crippen LogP contribution in [0.15, 0.2) is 5.10 Å². The molecule has 0 aliphatic carbocycles. The summed E-state index contributed by atoms with van der Waals surface area (Å²) in [5, 5.41) is 3.71. The summed E-state index contributed by atoms with van der Waals surface area (Å²) < 4.78 is 10.2. The van der Waals surface area contributed by atoms with Crippen molar-refractivity contribution < 1.29 is 19.1 Å². The molecule has 0 aromatic carbocycles. The van der Waals surface area contributed by atoms with Gasteiger partial charge in [-0.2, -0.15) is 5.10 Å². The van der Waals surface area contributed by atoms with E-state index in [1.54, 1.807) is 6.92 Å². The molecule has 6 nitrogen and oxygen atoms in total. The number of hydrogen-bond acceptors (Lipinski definition) is 5. The number of nitrogens with zero attached hydrogens (tertiary/aromatic N) is 1. The van der Waals surface area contributed by atoms with Crippen LogP contribution < -0.4 is 5.43 Å². The fourth-order valence-electron chi connectivity index (χ4n) is 1.11. The first-order valence-electron chi connectivity index (χ1n) is 6.16. The summed E-state index contributed by atoms with van der Waals surface area (Å²) in [5.74, 6) is -0.283. The SMILES string of the molecule is CCCCOCCOC(=O)CC/C(C)=N/NC=O. The Morgan fingerprint density at radius 1 is 1.28 bits per heavy atom. The molecule has 0 heterocycles.